The highest BCUT2D eigenvalue weighted by atomic mass is 32.2. The number of aromatic nitrogens is 1. The van der Waals surface area contributed by atoms with Crippen LogP contribution >= 0.6 is 0 Å². The van der Waals surface area contributed by atoms with Crippen molar-refractivity contribution in [3.63, 3.8) is 0 Å². The maximum Gasteiger partial charge on any atom is 0.264 e. The van der Waals surface area contributed by atoms with Gasteiger partial charge in [0.05, 0.1) is 16.8 Å². The smallest absolute Gasteiger partial charge is 0.264 e. The number of carbonyl (C=O) groups excluding carboxylic acids is 1. The normalized spacial score (nSPS) is 11.6. The topological polar surface area (TPSA) is 83.8 Å². The van der Waals surface area contributed by atoms with Gasteiger partial charge in [0.25, 0.3) is 15.9 Å². The highest BCUT2D eigenvalue weighted by molar-refractivity contribution is 7.92. The summed E-state index contributed by atoms with van der Waals surface area (Å²) < 4.78 is 56.1. The van der Waals surface area contributed by atoms with E-state index in [2.05, 4.69) is 10.5 Å². The minimum atomic E-state index is -4.11. The summed E-state index contributed by atoms with van der Waals surface area (Å²) in [5.74, 6) is -1.56. The largest absolute Gasteiger partial charge is 0.318 e. The van der Waals surface area contributed by atoms with Gasteiger partial charge in [0.2, 0.25) is 0 Å². The van der Waals surface area contributed by atoms with E-state index in [-0.39, 0.29) is 16.4 Å². The van der Waals surface area contributed by atoms with Gasteiger partial charge in [0, 0.05) is 22.6 Å². The van der Waals surface area contributed by atoms with Crippen molar-refractivity contribution >= 4 is 27.8 Å². The third-order valence-corrected chi connectivity index (χ3v) is 7.47. The molecule has 1 amide bonds. The van der Waals surface area contributed by atoms with Crippen molar-refractivity contribution < 1.29 is 22.0 Å². The molecule has 190 valence electrons. The summed E-state index contributed by atoms with van der Waals surface area (Å²) in [5, 5.41) is 4.00. The molecule has 37 heavy (non-hydrogen) atoms. The number of hydrazone groups is 1. The Morgan fingerprint density at radius 1 is 0.946 bits per heavy atom. The van der Waals surface area contributed by atoms with Crippen molar-refractivity contribution in [3.05, 3.63) is 114 Å². The molecule has 1 heterocycles. The van der Waals surface area contributed by atoms with Gasteiger partial charge in [-0.25, -0.2) is 22.6 Å². The summed E-state index contributed by atoms with van der Waals surface area (Å²) in [6.07, 6.45) is 1.45. The summed E-state index contributed by atoms with van der Waals surface area (Å²) in [5.41, 5.74) is 5.69. The second-order valence-corrected chi connectivity index (χ2v) is 10.1. The van der Waals surface area contributed by atoms with E-state index in [1.807, 2.05) is 24.5 Å². The van der Waals surface area contributed by atoms with Crippen molar-refractivity contribution in [2.75, 3.05) is 10.8 Å². The van der Waals surface area contributed by atoms with Crippen LogP contribution in [0.4, 0.5) is 14.5 Å². The number of carbonyl (C=O) groups is 1. The molecule has 1 aromatic heterocycles. The third-order valence-electron chi connectivity index (χ3n) is 5.68. The molecule has 0 unspecified atom stereocenters. The number of rotatable bonds is 8. The van der Waals surface area contributed by atoms with E-state index in [0.717, 1.165) is 39.1 Å². The van der Waals surface area contributed by atoms with Crippen LogP contribution in [-0.2, 0) is 14.8 Å². The Labute approximate surface area is 213 Å². The average molecular weight is 523 g/mol. The molecule has 3 aromatic carbocycles. The molecule has 0 saturated carbocycles. The van der Waals surface area contributed by atoms with Gasteiger partial charge in [-0.1, -0.05) is 18.2 Å². The maximum absolute atomic E-state index is 13.5. The molecule has 7 nitrogen and oxygen atoms in total. The van der Waals surface area contributed by atoms with E-state index in [1.165, 1.54) is 42.6 Å². The number of aryl methyl sites for hydroxylation is 1. The minimum Gasteiger partial charge on any atom is -0.318 e. The number of halogens is 2. The molecule has 0 fully saturated rings. The van der Waals surface area contributed by atoms with E-state index >= 15 is 0 Å². The van der Waals surface area contributed by atoms with Crippen LogP contribution in [0, 0.1) is 25.5 Å². The van der Waals surface area contributed by atoms with Crippen LogP contribution in [0.1, 0.15) is 17.0 Å². The van der Waals surface area contributed by atoms with E-state index in [9.17, 15) is 22.0 Å². The van der Waals surface area contributed by atoms with Crippen LogP contribution in [0.15, 0.2) is 94.9 Å². The fourth-order valence-corrected chi connectivity index (χ4v) is 5.33. The molecule has 4 aromatic rings. The number of hydrogen-bond acceptors (Lipinski definition) is 4. The Kier molecular flexibility index (Phi) is 7.49. The van der Waals surface area contributed by atoms with Crippen molar-refractivity contribution in [1.29, 1.82) is 0 Å². The van der Waals surface area contributed by atoms with Crippen molar-refractivity contribution in [3.8, 4) is 5.69 Å². The number of sulfonamides is 1. The summed E-state index contributed by atoms with van der Waals surface area (Å²) in [6.45, 7) is 3.18. The first-order valence-electron chi connectivity index (χ1n) is 11.3. The second kappa shape index (κ2) is 10.8. The standard InChI is InChI=1S/C27H24F2N4O3S/c1-19-16-21(20(2)33(19)25-14-10-23(29)11-15-25)17-30-31-27(34)18-32(24-12-8-22(28)9-13-24)37(35,36)26-6-4-3-5-7-26/h3-17H,18H2,1-2H3,(H,31,34)/b30-17+. The maximum atomic E-state index is 13.5. The third kappa shape index (κ3) is 5.75. The van der Waals surface area contributed by atoms with Crippen LogP contribution in [0.2, 0.25) is 0 Å². The monoisotopic (exact) mass is 522 g/mol. The van der Waals surface area contributed by atoms with Crippen LogP contribution < -0.4 is 9.73 Å². The Bertz CT molecular complexity index is 1530. The van der Waals surface area contributed by atoms with E-state index in [0.29, 0.717) is 0 Å². The molecule has 0 spiro atoms. The van der Waals surface area contributed by atoms with Gasteiger partial charge in [0.15, 0.2) is 0 Å². The average Bonchev–Trinajstić information content (AvgIpc) is 3.17. The highest BCUT2D eigenvalue weighted by Crippen LogP contribution is 2.24. The molecule has 0 radical (unpaired) electrons. The summed E-state index contributed by atoms with van der Waals surface area (Å²) in [4.78, 5) is 12.7. The molecule has 0 bridgehead atoms. The first-order chi connectivity index (χ1) is 17.7. The molecule has 10 heteroatoms. The van der Waals surface area contributed by atoms with Gasteiger partial charge in [-0.3, -0.25) is 9.10 Å². The number of nitrogens with one attached hydrogen (secondary N) is 1. The zero-order valence-corrected chi connectivity index (χ0v) is 20.9. The lowest BCUT2D eigenvalue weighted by molar-refractivity contribution is -0.119. The van der Waals surface area contributed by atoms with Gasteiger partial charge in [0.1, 0.15) is 18.2 Å². The molecule has 0 aliphatic rings. The summed E-state index contributed by atoms with van der Waals surface area (Å²) >= 11 is 0. The fourth-order valence-electron chi connectivity index (χ4n) is 3.89. The quantitative estimate of drug-likeness (QED) is 0.269. The molecule has 0 aliphatic heterocycles. The van der Waals surface area contributed by atoms with Crippen LogP contribution in [-0.4, -0.2) is 31.7 Å². The Hall–Kier alpha value is -4.31. The number of benzene rings is 3. The highest BCUT2D eigenvalue weighted by Gasteiger charge is 2.27. The fraction of sp³-hybridized carbons (Fsp3) is 0.111. The molecule has 1 N–H and O–H groups in total. The summed E-state index contributed by atoms with van der Waals surface area (Å²) in [6, 6.07) is 20.4. The molecule has 4 rings (SSSR count). The van der Waals surface area contributed by atoms with Crippen LogP contribution in [0.25, 0.3) is 5.69 Å². The van der Waals surface area contributed by atoms with Gasteiger partial charge in [-0.2, -0.15) is 5.10 Å². The summed E-state index contributed by atoms with van der Waals surface area (Å²) in [7, 11) is -4.11. The van der Waals surface area contributed by atoms with Crippen LogP contribution in [0.5, 0.6) is 0 Å². The molecular formula is C27H24F2N4O3S. The van der Waals surface area contributed by atoms with Gasteiger partial charge < -0.3 is 4.57 Å². The first-order valence-corrected chi connectivity index (χ1v) is 12.7. The van der Waals surface area contributed by atoms with Crippen molar-refractivity contribution in [2.45, 2.75) is 18.7 Å². The molecular weight excluding hydrogens is 498 g/mol. The molecule has 0 aliphatic carbocycles. The first kappa shape index (κ1) is 25.8. The van der Waals surface area contributed by atoms with E-state index in [4.69, 9.17) is 0 Å². The second-order valence-electron chi connectivity index (χ2n) is 8.23. The zero-order chi connectivity index (χ0) is 26.6. The lowest BCUT2D eigenvalue weighted by Crippen LogP contribution is -2.39. The number of anilines is 1. The molecule has 0 atom stereocenters. The Morgan fingerprint density at radius 2 is 1.54 bits per heavy atom. The number of nitrogens with zero attached hydrogens (tertiary/aromatic N) is 3. The van der Waals surface area contributed by atoms with Gasteiger partial charge >= 0.3 is 0 Å². The lowest BCUT2D eigenvalue weighted by atomic mass is 10.2. The van der Waals surface area contributed by atoms with Gasteiger partial charge in [-0.15, -0.1) is 0 Å². The predicted octanol–water partition coefficient (Wildman–Crippen LogP) is 4.72. The Morgan fingerprint density at radius 3 is 2.16 bits per heavy atom. The number of hydrogen-bond donors (Lipinski definition) is 1. The number of amides is 1. The van der Waals surface area contributed by atoms with E-state index in [1.54, 1.807) is 30.3 Å². The SMILES string of the molecule is Cc1cc(/C=N/NC(=O)CN(c2ccc(F)cc2)S(=O)(=O)c2ccccc2)c(C)n1-c1ccc(F)cc1. The predicted molar refractivity (Wildman–Crippen MR) is 138 cm³/mol. The van der Waals surface area contributed by atoms with Crippen molar-refractivity contribution in [2.24, 2.45) is 5.10 Å². The van der Waals surface area contributed by atoms with E-state index < -0.39 is 28.3 Å². The lowest BCUT2D eigenvalue weighted by Gasteiger charge is -2.23. The minimum absolute atomic E-state index is 0.0103. The molecule has 0 saturated heterocycles. The van der Waals surface area contributed by atoms with Gasteiger partial charge in [-0.05, 0) is 80.6 Å². The van der Waals surface area contributed by atoms with Crippen LogP contribution in [0.3, 0.4) is 0 Å². The zero-order valence-electron chi connectivity index (χ0n) is 20.1. The van der Waals surface area contributed by atoms with Crippen molar-refractivity contribution in [1.82, 2.24) is 9.99 Å². The Balaban J connectivity index is 1.53.